The number of imidazole rings is 1. The average Bonchev–Trinajstić information content (AvgIpc) is 3.64. The molecule has 0 spiro atoms. The molecule has 0 saturated heterocycles. The number of aryl methyl sites for hydroxylation is 1. The van der Waals surface area contributed by atoms with Gasteiger partial charge in [-0.3, -0.25) is 4.98 Å². The predicted octanol–water partition coefficient (Wildman–Crippen LogP) is 10.3. The molecule has 0 fully saturated rings. The molecular weight excluding hydrogens is 571 g/mol. The van der Waals surface area contributed by atoms with Crippen LogP contribution in [0.15, 0.2) is 170 Å². The Morgan fingerprint density at radius 2 is 1.13 bits per heavy atom. The lowest BCUT2D eigenvalue weighted by atomic mass is 9.67. The van der Waals surface area contributed by atoms with Crippen LogP contribution in [0.4, 0.5) is 0 Å². The maximum Gasteiger partial charge on any atom is 0.140 e. The summed E-state index contributed by atoms with van der Waals surface area (Å²) in [6.07, 6.45) is 1.89. The Labute approximate surface area is 274 Å². The summed E-state index contributed by atoms with van der Waals surface area (Å²) in [4.78, 5) is 9.84. The number of hydrogen-bond donors (Lipinski definition) is 0. The van der Waals surface area contributed by atoms with Gasteiger partial charge in [0.1, 0.15) is 5.82 Å². The minimum Gasteiger partial charge on any atom is -0.327 e. The van der Waals surface area contributed by atoms with E-state index >= 15 is 0 Å². The lowest BCUT2D eigenvalue weighted by molar-refractivity contribution is 0.769. The molecule has 3 nitrogen and oxygen atoms in total. The Bertz CT molecular complexity index is 2350. The van der Waals surface area contributed by atoms with E-state index in [1.807, 2.05) is 18.3 Å². The Morgan fingerprint density at radius 3 is 1.83 bits per heavy atom. The number of fused-ring (bicyclic) bond motifs is 4. The molecule has 2 aromatic heterocycles. The Morgan fingerprint density at radius 1 is 0.489 bits per heavy atom. The third kappa shape index (κ3) is 4.13. The summed E-state index contributed by atoms with van der Waals surface area (Å²) >= 11 is 0. The Hall–Kier alpha value is -6.06. The van der Waals surface area contributed by atoms with Crippen LogP contribution in [-0.2, 0) is 12.5 Å². The highest BCUT2D eigenvalue weighted by molar-refractivity contribution is 5.94. The first-order valence-corrected chi connectivity index (χ1v) is 16.1. The Kier molecular flexibility index (Phi) is 6.26. The van der Waals surface area contributed by atoms with Crippen LogP contribution in [0.3, 0.4) is 0 Å². The van der Waals surface area contributed by atoms with Crippen molar-refractivity contribution in [2.45, 2.75) is 5.41 Å². The highest BCUT2D eigenvalue weighted by Crippen LogP contribution is 2.57. The van der Waals surface area contributed by atoms with Gasteiger partial charge in [-0.15, -0.1) is 0 Å². The predicted molar refractivity (Wildman–Crippen MR) is 192 cm³/mol. The number of hydrogen-bond acceptors (Lipinski definition) is 2. The summed E-state index contributed by atoms with van der Waals surface area (Å²) in [5.41, 5.74) is 14.7. The van der Waals surface area contributed by atoms with Gasteiger partial charge in [0, 0.05) is 24.4 Å². The van der Waals surface area contributed by atoms with E-state index in [1.54, 1.807) is 0 Å². The normalized spacial score (nSPS) is 13.0. The molecule has 0 unspecified atom stereocenters. The first-order valence-electron chi connectivity index (χ1n) is 16.1. The fourth-order valence-electron chi connectivity index (χ4n) is 7.66. The molecule has 3 heteroatoms. The van der Waals surface area contributed by atoms with E-state index in [-0.39, 0.29) is 0 Å². The molecule has 1 aliphatic rings. The van der Waals surface area contributed by atoms with Crippen molar-refractivity contribution in [2.24, 2.45) is 7.05 Å². The van der Waals surface area contributed by atoms with Crippen molar-refractivity contribution in [1.82, 2.24) is 14.5 Å². The fraction of sp³-hybridized carbons (Fsp3) is 0.0455. The van der Waals surface area contributed by atoms with Crippen LogP contribution >= 0.6 is 0 Å². The largest absolute Gasteiger partial charge is 0.327 e. The number of rotatable bonds is 5. The van der Waals surface area contributed by atoms with Crippen molar-refractivity contribution < 1.29 is 0 Å². The monoisotopic (exact) mass is 601 g/mol. The summed E-state index contributed by atoms with van der Waals surface area (Å²) in [5, 5.41) is 0. The van der Waals surface area contributed by atoms with Crippen LogP contribution in [0.2, 0.25) is 0 Å². The van der Waals surface area contributed by atoms with Crippen molar-refractivity contribution >= 4 is 11.0 Å². The van der Waals surface area contributed by atoms with Gasteiger partial charge in [0.05, 0.1) is 22.1 Å². The first-order chi connectivity index (χ1) is 23.2. The molecule has 222 valence electrons. The van der Waals surface area contributed by atoms with Gasteiger partial charge in [-0.05, 0) is 80.9 Å². The summed E-state index contributed by atoms with van der Waals surface area (Å²) < 4.78 is 2.17. The molecule has 0 amide bonds. The van der Waals surface area contributed by atoms with E-state index in [9.17, 15) is 0 Å². The second-order valence-electron chi connectivity index (χ2n) is 12.2. The molecule has 0 atom stereocenters. The van der Waals surface area contributed by atoms with Gasteiger partial charge in [-0.1, -0.05) is 127 Å². The van der Waals surface area contributed by atoms with E-state index in [1.165, 1.54) is 33.4 Å². The number of nitrogens with zero attached hydrogens (tertiary/aromatic N) is 3. The number of para-hydroxylation sites is 2. The van der Waals surface area contributed by atoms with E-state index in [0.29, 0.717) is 0 Å². The van der Waals surface area contributed by atoms with Gasteiger partial charge in [-0.2, -0.15) is 0 Å². The van der Waals surface area contributed by atoms with Crippen molar-refractivity contribution in [2.75, 3.05) is 0 Å². The van der Waals surface area contributed by atoms with Crippen molar-refractivity contribution in [3.63, 3.8) is 0 Å². The number of pyridine rings is 1. The average molecular weight is 602 g/mol. The lowest BCUT2D eigenvalue weighted by Gasteiger charge is -2.34. The van der Waals surface area contributed by atoms with Gasteiger partial charge in [0.15, 0.2) is 0 Å². The molecule has 0 radical (unpaired) electrons. The minimum absolute atomic E-state index is 0.472. The zero-order valence-corrected chi connectivity index (χ0v) is 26.0. The maximum absolute atomic E-state index is 4.95. The van der Waals surface area contributed by atoms with Crippen molar-refractivity contribution in [1.29, 1.82) is 0 Å². The lowest BCUT2D eigenvalue weighted by Crippen LogP contribution is -2.28. The van der Waals surface area contributed by atoms with Gasteiger partial charge in [0.25, 0.3) is 0 Å². The van der Waals surface area contributed by atoms with Gasteiger partial charge < -0.3 is 4.57 Å². The zero-order valence-electron chi connectivity index (χ0n) is 26.0. The fourth-order valence-corrected chi connectivity index (χ4v) is 7.66. The van der Waals surface area contributed by atoms with E-state index in [0.717, 1.165) is 44.8 Å². The van der Waals surface area contributed by atoms with Crippen LogP contribution in [0.5, 0.6) is 0 Å². The van der Waals surface area contributed by atoms with Gasteiger partial charge in [0.2, 0.25) is 0 Å². The number of aromatic nitrogens is 3. The summed E-state index contributed by atoms with van der Waals surface area (Å²) in [5.74, 6) is 0.959. The SMILES string of the molecule is Cn1c(-c2ccc(-c3cc4c(cc3-c3ccccn3)C(c3ccccc3)(c3ccccc3)c3ccccc3-4)cc2)nc2ccccc21. The Balaban J connectivity index is 1.30. The maximum atomic E-state index is 4.95. The quantitative estimate of drug-likeness (QED) is 0.197. The van der Waals surface area contributed by atoms with Gasteiger partial charge in [-0.25, -0.2) is 4.98 Å². The number of benzene rings is 6. The molecule has 2 heterocycles. The molecule has 8 aromatic rings. The second kappa shape index (κ2) is 10.8. The topological polar surface area (TPSA) is 30.7 Å². The van der Waals surface area contributed by atoms with E-state index < -0.39 is 5.41 Å². The highest BCUT2D eigenvalue weighted by atomic mass is 15.1. The summed E-state index contributed by atoms with van der Waals surface area (Å²) in [7, 11) is 2.08. The molecule has 6 aromatic carbocycles. The standard InChI is InChI=1S/C44H31N3/c1-47-42-22-11-10-21-41(42)46-43(47)31-25-23-30(24-26-31)35-28-36-34-18-8-9-19-38(34)44(32-14-4-2-5-15-32,33-16-6-3-7-17-33)39(36)29-37(35)40-20-12-13-27-45-40/h2-29H,1H3. The van der Waals surface area contributed by atoms with Crippen molar-refractivity contribution in [3.05, 3.63) is 192 Å². The highest BCUT2D eigenvalue weighted by Gasteiger charge is 2.46. The first kappa shape index (κ1) is 27.3. The third-order valence-corrected chi connectivity index (χ3v) is 9.78. The summed E-state index contributed by atoms with van der Waals surface area (Å²) in [6.45, 7) is 0. The van der Waals surface area contributed by atoms with Crippen LogP contribution in [0, 0.1) is 0 Å². The van der Waals surface area contributed by atoms with Crippen molar-refractivity contribution in [3.8, 4) is 44.9 Å². The minimum atomic E-state index is -0.472. The molecule has 1 aliphatic carbocycles. The van der Waals surface area contributed by atoms with Crippen LogP contribution in [0.25, 0.3) is 55.9 Å². The third-order valence-electron chi connectivity index (χ3n) is 9.78. The molecule has 0 bridgehead atoms. The van der Waals surface area contributed by atoms with Crippen LogP contribution in [0.1, 0.15) is 22.3 Å². The molecule has 0 saturated carbocycles. The summed E-state index contributed by atoms with van der Waals surface area (Å²) in [6, 6.07) is 58.9. The van der Waals surface area contributed by atoms with E-state index in [2.05, 4.69) is 163 Å². The van der Waals surface area contributed by atoms with Crippen LogP contribution < -0.4 is 0 Å². The molecule has 47 heavy (non-hydrogen) atoms. The molecule has 0 N–H and O–H groups in total. The molecule has 0 aliphatic heterocycles. The molecule has 9 rings (SSSR count). The van der Waals surface area contributed by atoms with Gasteiger partial charge >= 0.3 is 0 Å². The smallest absolute Gasteiger partial charge is 0.140 e. The second-order valence-corrected chi connectivity index (χ2v) is 12.2. The zero-order chi connectivity index (χ0) is 31.4. The van der Waals surface area contributed by atoms with E-state index in [4.69, 9.17) is 9.97 Å². The van der Waals surface area contributed by atoms with Crippen LogP contribution in [-0.4, -0.2) is 14.5 Å². The molecular formula is C44H31N3.